The first kappa shape index (κ1) is 18.5. The first-order chi connectivity index (χ1) is 12.0. The molecule has 1 aromatic heterocycles. The Morgan fingerprint density at radius 3 is 2.80 bits per heavy atom. The Labute approximate surface area is 153 Å². The van der Waals surface area contributed by atoms with Gasteiger partial charge in [0.1, 0.15) is 5.03 Å². The third-order valence-electron chi connectivity index (χ3n) is 4.72. The Hall–Kier alpha value is -1.34. The van der Waals surface area contributed by atoms with Crippen LogP contribution in [0.15, 0.2) is 9.82 Å². The second-order valence-electron chi connectivity index (χ2n) is 7.27. The van der Waals surface area contributed by atoms with Gasteiger partial charge >= 0.3 is 5.69 Å². The minimum absolute atomic E-state index is 0.0500. The average Bonchev–Trinajstić information content (AvgIpc) is 3.38. The second kappa shape index (κ2) is 8.36. The van der Waals surface area contributed by atoms with Gasteiger partial charge < -0.3 is 10.2 Å². The molecule has 0 unspecified atom stereocenters. The number of fused-ring (bicyclic) bond motifs is 1. The van der Waals surface area contributed by atoms with Crippen molar-refractivity contribution in [1.82, 2.24) is 19.8 Å². The Kier molecular flexibility index (Phi) is 6.17. The summed E-state index contributed by atoms with van der Waals surface area (Å²) in [7, 11) is 4.09. The Morgan fingerprint density at radius 1 is 1.32 bits per heavy atom. The van der Waals surface area contributed by atoms with Gasteiger partial charge in [-0.2, -0.15) is 4.98 Å². The number of carbonyl (C=O) groups excluding carboxylic acids is 1. The number of hydrogen-bond acceptors (Lipinski definition) is 5. The zero-order chi connectivity index (χ0) is 17.8. The molecule has 1 amide bonds. The van der Waals surface area contributed by atoms with Crippen LogP contribution in [0.2, 0.25) is 0 Å². The molecule has 0 aliphatic heterocycles. The molecule has 0 spiro atoms. The minimum atomic E-state index is -0.162. The van der Waals surface area contributed by atoms with Crippen LogP contribution in [0.4, 0.5) is 0 Å². The summed E-state index contributed by atoms with van der Waals surface area (Å²) in [5.74, 6) is 0.397. The van der Waals surface area contributed by atoms with Gasteiger partial charge in [0.2, 0.25) is 5.91 Å². The fraction of sp³-hybridized carbons (Fsp3) is 0.722. The summed E-state index contributed by atoms with van der Waals surface area (Å²) in [6.45, 7) is 1.68. The molecule has 0 bridgehead atoms. The summed E-state index contributed by atoms with van der Waals surface area (Å²) in [6.07, 6.45) is 7.28. The van der Waals surface area contributed by atoms with E-state index < -0.39 is 0 Å². The smallest absolute Gasteiger partial charge is 0.348 e. The van der Waals surface area contributed by atoms with E-state index in [9.17, 15) is 9.59 Å². The van der Waals surface area contributed by atoms with Crippen molar-refractivity contribution in [2.45, 2.75) is 62.6 Å². The molecule has 0 aromatic carbocycles. The van der Waals surface area contributed by atoms with Gasteiger partial charge in [-0.15, -0.1) is 0 Å². The first-order valence-corrected chi connectivity index (χ1v) is 10.2. The number of amides is 1. The normalized spacial score (nSPS) is 16.8. The predicted octanol–water partition coefficient (Wildman–Crippen LogP) is 1.44. The molecule has 2 aliphatic rings. The van der Waals surface area contributed by atoms with Crippen LogP contribution < -0.4 is 11.0 Å². The molecule has 0 atom stereocenters. The second-order valence-corrected chi connectivity index (χ2v) is 8.23. The minimum Gasteiger partial charge on any atom is -0.353 e. The molecule has 1 aromatic rings. The summed E-state index contributed by atoms with van der Waals surface area (Å²) >= 11 is 1.42. The van der Waals surface area contributed by atoms with E-state index in [1.807, 2.05) is 18.7 Å². The van der Waals surface area contributed by atoms with E-state index in [1.165, 1.54) is 17.3 Å². The van der Waals surface area contributed by atoms with Gasteiger partial charge in [0.25, 0.3) is 0 Å². The zero-order valence-electron chi connectivity index (χ0n) is 15.2. The van der Waals surface area contributed by atoms with Crippen LogP contribution in [0, 0.1) is 0 Å². The van der Waals surface area contributed by atoms with Gasteiger partial charge in [-0.3, -0.25) is 9.36 Å². The van der Waals surface area contributed by atoms with Crippen molar-refractivity contribution < 1.29 is 4.79 Å². The molecule has 1 heterocycles. The van der Waals surface area contributed by atoms with Crippen LogP contribution >= 0.6 is 11.8 Å². The van der Waals surface area contributed by atoms with Crippen LogP contribution in [0.25, 0.3) is 0 Å². The quantitative estimate of drug-likeness (QED) is 0.559. The van der Waals surface area contributed by atoms with Crippen molar-refractivity contribution >= 4 is 17.7 Å². The Balaban J connectivity index is 1.73. The van der Waals surface area contributed by atoms with E-state index in [1.54, 1.807) is 0 Å². The highest BCUT2D eigenvalue weighted by Gasteiger charge is 2.24. The van der Waals surface area contributed by atoms with Crippen LogP contribution in [-0.4, -0.2) is 52.8 Å². The van der Waals surface area contributed by atoms with Crippen LogP contribution in [0.5, 0.6) is 0 Å². The summed E-state index contributed by atoms with van der Waals surface area (Å²) < 4.78 is 1.87. The van der Waals surface area contributed by atoms with Gasteiger partial charge in [0.15, 0.2) is 0 Å². The third-order valence-corrected chi connectivity index (χ3v) is 5.74. The van der Waals surface area contributed by atoms with Gasteiger partial charge in [-0.1, -0.05) is 11.8 Å². The largest absolute Gasteiger partial charge is 0.353 e. The number of rotatable bonds is 8. The lowest BCUT2D eigenvalue weighted by Gasteiger charge is -2.23. The Morgan fingerprint density at radius 2 is 2.08 bits per heavy atom. The maximum atomic E-state index is 12.5. The molecule has 7 heteroatoms. The van der Waals surface area contributed by atoms with Crippen molar-refractivity contribution in [2.75, 3.05) is 26.4 Å². The number of thioether (sulfide) groups is 1. The maximum absolute atomic E-state index is 12.5. The summed E-state index contributed by atoms with van der Waals surface area (Å²) in [5, 5.41) is 3.77. The van der Waals surface area contributed by atoms with Crippen LogP contribution in [-0.2, 0) is 24.2 Å². The molecular weight excluding hydrogens is 336 g/mol. The molecule has 1 fully saturated rings. The lowest BCUT2D eigenvalue weighted by Crippen LogP contribution is -2.32. The van der Waals surface area contributed by atoms with E-state index in [0.29, 0.717) is 11.8 Å². The fourth-order valence-electron chi connectivity index (χ4n) is 3.27. The molecule has 0 radical (unpaired) electrons. The lowest BCUT2D eigenvalue weighted by molar-refractivity contribution is -0.118. The Bertz CT molecular complexity index is 682. The molecule has 138 valence electrons. The third kappa shape index (κ3) is 5.07. The summed E-state index contributed by atoms with van der Waals surface area (Å²) in [4.78, 5) is 30.9. The molecule has 0 saturated heterocycles. The predicted molar refractivity (Wildman–Crippen MR) is 100 cm³/mol. The average molecular weight is 365 g/mol. The fourth-order valence-corrected chi connectivity index (χ4v) is 4.16. The van der Waals surface area contributed by atoms with E-state index in [0.717, 1.165) is 68.8 Å². The zero-order valence-corrected chi connectivity index (χ0v) is 16.0. The summed E-state index contributed by atoms with van der Waals surface area (Å²) in [5.41, 5.74) is 2.18. The van der Waals surface area contributed by atoms with Crippen molar-refractivity contribution in [3.05, 3.63) is 21.7 Å². The maximum Gasteiger partial charge on any atom is 0.348 e. The van der Waals surface area contributed by atoms with E-state index in [4.69, 9.17) is 0 Å². The van der Waals surface area contributed by atoms with Crippen molar-refractivity contribution in [1.29, 1.82) is 0 Å². The van der Waals surface area contributed by atoms with E-state index in [-0.39, 0.29) is 11.6 Å². The highest BCUT2D eigenvalue weighted by atomic mass is 32.2. The van der Waals surface area contributed by atoms with Crippen LogP contribution in [0.3, 0.4) is 0 Å². The number of nitrogens with zero attached hydrogens (tertiary/aromatic N) is 3. The first-order valence-electron chi connectivity index (χ1n) is 9.24. The number of aromatic nitrogens is 2. The molecule has 3 rings (SSSR count). The van der Waals surface area contributed by atoms with Gasteiger partial charge in [-0.25, -0.2) is 4.79 Å². The van der Waals surface area contributed by atoms with Crippen molar-refractivity contribution in [3.63, 3.8) is 0 Å². The molecule has 1 N–H and O–H groups in total. The SMILES string of the molecule is CN(C)CCCn1c2c(c(SCC(=O)NC3CC3)nc1=O)CCCC2. The van der Waals surface area contributed by atoms with Crippen molar-refractivity contribution in [2.24, 2.45) is 0 Å². The molecule has 25 heavy (non-hydrogen) atoms. The van der Waals surface area contributed by atoms with Gasteiger partial charge in [-0.05, 0) is 65.6 Å². The molecular formula is C18H28N4O2S. The topological polar surface area (TPSA) is 67.2 Å². The summed E-state index contributed by atoms with van der Waals surface area (Å²) in [6, 6.07) is 0.375. The lowest BCUT2D eigenvalue weighted by atomic mass is 9.97. The highest BCUT2D eigenvalue weighted by Crippen LogP contribution is 2.28. The van der Waals surface area contributed by atoms with Gasteiger partial charge in [0, 0.05) is 23.8 Å². The van der Waals surface area contributed by atoms with E-state index in [2.05, 4.69) is 15.2 Å². The van der Waals surface area contributed by atoms with Crippen LogP contribution in [0.1, 0.15) is 43.4 Å². The van der Waals surface area contributed by atoms with E-state index >= 15 is 0 Å². The molecule has 2 aliphatic carbocycles. The number of hydrogen-bond donors (Lipinski definition) is 1. The number of carbonyl (C=O) groups is 1. The molecule has 6 nitrogen and oxygen atoms in total. The monoisotopic (exact) mass is 364 g/mol. The number of nitrogens with one attached hydrogen (secondary N) is 1. The van der Waals surface area contributed by atoms with Crippen molar-refractivity contribution in [3.8, 4) is 0 Å². The van der Waals surface area contributed by atoms with Gasteiger partial charge in [0.05, 0.1) is 5.75 Å². The molecule has 1 saturated carbocycles. The highest BCUT2D eigenvalue weighted by molar-refractivity contribution is 7.99. The standard InChI is InChI=1S/C18H28N4O2S/c1-21(2)10-5-11-22-15-7-4-3-6-14(15)17(20-18(22)24)25-12-16(23)19-13-8-9-13/h13H,3-12H2,1-2H3,(H,19,23).